The number of carboxylic acids is 1. The number of carbonyl (C=O) groups excluding carboxylic acids is 1. The summed E-state index contributed by atoms with van der Waals surface area (Å²) in [4.78, 5) is 25.3. The number of hydrogen-bond donors (Lipinski definition) is 2. The van der Waals surface area contributed by atoms with Crippen molar-refractivity contribution in [2.45, 2.75) is 25.6 Å². The van der Waals surface area contributed by atoms with Crippen LogP contribution in [0.2, 0.25) is 0 Å². The van der Waals surface area contributed by atoms with E-state index in [0.29, 0.717) is 5.56 Å². The molecule has 0 aliphatic heterocycles. The summed E-state index contributed by atoms with van der Waals surface area (Å²) >= 11 is 0. The Bertz CT molecular complexity index is 506. The number of alkyl halides is 3. The Hall–Kier alpha value is -2.32. The summed E-state index contributed by atoms with van der Waals surface area (Å²) in [6.07, 6.45) is -2.54. The maximum atomic E-state index is 12.1. The monoisotopic (exact) mass is 306 g/mol. The number of rotatable bonds is 7. The van der Waals surface area contributed by atoms with Crippen molar-refractivity contribution in [1.82, 2.24) is 10.3 Å². The Labute approximate surface area is 117 Å². The molecule has 1 aromatic rings. The van der Waals surface area contributed by atoms with E-state index in [2.05, 4.69) is 15.0 Å². The van der Waals surface area contributed by atoms with Crippen molar-refractivity contribution in [3.05, 3.63) is 24.0 Å². The van der Waals surface area contributed by atoms with Crippen molar-refractivity contribution in [2.75, 3.05) is 6.61 Å². The lowest BCUT2D eigenvalue weighted by molar-refractivity contribution is -0.153. The Balaban J connectivity index is 2.54. The third-order valence-electron chi connectivity index (χ3n) is 2.30. The third kappa shape index (κ3) is 7.14. The first-order valence-electron chi connectivity index (χ1n) is 5.89. The molecule has 0 radical (unpaired) electrons. The van der Waals surface area contributed by atoms with Crippen molar-refractivity contribution < 1.29 is 32.6 Å². The van der Waals surface area contributed by atoms with Gasteiger partial charge in [0, 0.05) is 24.7 Å². The maximum Gasteiger partial charge on any atom is 0.422 e. The number of hydrogen-bond acceptors (Lipinski definition) is 4. The van der Waals surface area contributed by atoms with E-state index >= 15 is 0 Å². The average Bonchev–Trinajstić information content (AvgIpc) is 2.40. The average molecular weight is 306 g/mol. The number of aromatic nitrogens is 1. The predicted octanol–water partition coefficient (Wildman–Crippen LogP) is 1.50. The first-order valence-corrected chi connectivity index (χ1v) is 5.89. The van der Waals surface area contributed by atoms with Gasteiger partial charge in [0.2, 0.25) is 5.91 Å². The largest absolute Gasteiger partial charge is 0.482 e. The maximum absolute atomic E-state index is 12.1. The van der Waals surface area contributed by atoms with Crippen LogP contribution in [0.3, 0.4) is 0 Å². The fourth-order valence-corrected chi connectivity index (χ4v) is 1.35. The van der Waals surface area contributed by atoms with E-state index < -0.39 is 24.7 Å². The molecule has 21 heavy (non-hydrogen) atoms. The van der Waals surface area contributed by atoms with E-state index in [0.717, 1.165) is 6.20 Å². The summed E-state index contributed by atoms with van der Waals surface area (Å²) in [5.41, 5.74) is 0.318. The van der Waals surface area contributed by atoms with Crippen LogP contribution in [0.4, 0.5) is 13.2 Å². The number of ether oxygens (including phenoxy) is 1. The molecule has 0 saturated carbocycles. The zero-order chi connectivity index (χ0) is 15.9. The molecule has 9 heteroatoms. The molecule has 0 aliphatic carbocycles. The molecule has 6 nitrogen and oxygen atoms in total. The number of nitrogens with one attached hydrogen (secondary N) is 1. The topological polar surface area (TPSA) is 88.5 Å². The van der Waals surface area contributed by atoms with E-state index in [1.807, 2.05) is 0 Å². The van der Waals surface area contributed by atoms with Gasteiger partial charge in [-0.3, -0.25) is 14.6 Å². The molecule has 1 amide bonds. The highest BCUT2D eigenvalue weighted by molar-refractivity contribution is 5.80. The molecular formula is C12H13F3N2O4. The van der Waals surface area contributed by atoms with Crippen molar-refractivity contribution in [2.24, 2.45) is 0 Å². The summed E-state index contributed by atoms with van der Waals surface area (Å²) in [6.45, 7) is -1.53. The van der Waals surface area contributed by atoms with E-state index in [1.165, 1.54) is 12.3 Å². The minimum atomic E-state index is -4.47. The van der Waals surface area contributed by atoms with Gasteiger partial charge in [-0.25, -0.2) is 0 Å². The summed E-state index contributed by atoms with van der Waals surface area (Å²) in [7, 11) is 0. The molecule has 0 aliphatic rings. The van der Waals surface area contributed by atoms with Crippen LogP contribution < -0.4 is 10.1 Å². The summed E-state index contributed by atoms with van der Waals surface area (Å²) in [5.74, 6) is -1.72. The summed E-state index contributed by atoms with van der Waals surface area (Å²) in [6, 6.07) is 1.41. The highest BCUT2D eigenvalue weighted by Gasteiger charge is 2.28. The lowest BCUT2D eigenvalue weighted by Crippen LogP contribution is -2.24. The van der Waals surface area contributed by atoms with Gasteiger partial charge >= 0.3 is 12.1 Å². The van der Waals surface area contributed by atoms with Crippen LogP contribution in [0.5, 0.6) is 5.75 Å². The molecule has 0 saturated heterocycles. The molecule has 0 spiro atoms. The molecule has 1 heterocycles. The molecule has 0 fully saturated rings. The van der Waals surface area contributed by atoms with E-state index in [1.54, 1.807) is 0 Å². The van der Waals surface area contributed by atoms with Gasteiger partial charge in [0.05, 0.1) is 12.6 Å². The number of amides is 1. The Kier molecular flexibility index (Phi) is 5.94. The Morgan fingerprint density at radius 2 is 2.05 bits per heavy atom. The van der Waals surface area contributed by atoms with E-state index in [9.17, 15) is 22.8 Å². The number of pyridine rings is 1. The molecule has 116 valence electrons. The highest BCUT2D eigenvalue weighted by atomic mass is 19.4. The van der Waals surface area contributed by atoms with Gasteiger partial charge in [0.15, 0.2) is 6.61 Å². The second kappa shape index (κ2) is 7.46. The van der Waals surface area contributed by atoms with Crippen LogP contribution in [-0.2, 0) is 16.1 Å². The molecular weight excluding hydrogens is 293 g/mol. The highest BCUT2D eigenvalue weighted by Crippen LogP contribution is 2.21. The molecule has 1 rings (SSSR count). The lowest BCUT2D eigenvalue weighted by atomic mass is 10.2. The fraction of sp³-hybridized carbons (Fsp3) is 0.417. The lowest BCUT2D eigenvalue weighted by Gasteiger charge is -2.13. The van der Waals surface area contributed by atoms with E-state index in [4.69, 9.17) is 5.11 Å². The molecule has 0 aromatic carbocycles. The normalized spacial score (nSPS) is 11.0. The smallest absolute Gasteiger partial charge is 0.422 e. The number of carboxylic acid groups (broad SMARTS) is 1. The van der Waals surface area contributed by atoms with Crippen molar-refractivity contribution in [3.8, 4) is 5.75 Å². The van der Waals surface area contributed by atoms with Crippen molar-refractivity contribution in [3.63, 3.8) is 0 Å². The van der Waals surface area contributed by atoms with Gasteiger partial charge in [0.25, 0.3) is 0 Å². The van der Waals surface area contributed by atoms with E-state index in [-0.39, 0.29) is 25.1 Å². The minimum absolute atomic E-state index is 0.0752. The standard InChI is InChI=1S/C12H13F3N2O4/c13-12(14,15)7-21-9-6-16-4-3-8(9)5-17-10(18)1-2-11(19)20/h3-4,6H,1-2,5,7H2,(H,17,18)(H,19,20). The Morgan fingerprint density at radius 1 is 1.33 bits per heavy atom. The quantitative estimate of drug-likeness (QED) is 0.797. The molecule has 0 unspecified atom stereocenters. The second-order valence-corrected chi connectivity index (χ2v) is 4.06. The van der Waals surface area contributed by atoms with Crippen LogP contribution in [0.1, 0.15) is 18.4 Å². The number of halogens is 3. The Morgan fingerprint density at radius 3 is 2.67 bits per heavy atom. The van der Waals surface area contributed by atoms with Crippen molar-refractivity contribution >= 4 is 11.9 Å². The molecule has 0 bridgehead atoms. The number of aliphatic carboxylic acids is 1. The second-order valence-electron chi connectivity index (χ2n) is 4.06. The van der Waals surface area contributed by atoms with Crippen LogP contribution in [0, 0.1) is 0 Å². The molecule has 1 aromatic heterocycles. The van der Waals surface area contributed by atoms with Gasteiger partial charge in [0.1, 0.15) is 5.75 Å². The summed E-state index contributed by atoms with van der Waals surface area (Å²) in [5, 5.41) is 10.8. The van der Waals surface area contributed by atoms with Gasteiger partial charge in [-0.15, -0.1) is 0 Å². The first-order chi connectivity index (χ1) is 9.78. The SMILES string of the molecule is O=C(O)CCC(=O)NCc1ccncc1OCC(F)(F)F. The number of nitrogens with zero attached hydrogens (tertiary/aromatic N) is 1. The van der Waals surface area contributed by atoms with Crippen LogP contribution >= 0.6 is 0 Å². The predicted molar refractivity (Wildman–Crippen MR) is 64.5 cm³/mol. The van der Waals surface area contributed by atoms with Gasteiger partial charge in [-0.1, -0.05) is 0 Å². The molecule has 0 atom stereocenters. The van der Waals surface area contributed by atoms with Crippen LogP contribution in [0.15, 0.2) is 18.5 Å². The van der Waals surface area contributed by atoms with Gasteiger partial charge in [-0.2, -0.15) is 13.2 Å². The zero-order valence-electron chi connectivity index (χ0n) is 10.8. The minimum Gasteiger partial charge on any atom is -0.482 e. The molecule has 2 N–H and O–H groups in total. The number of carbonyl (C=O) groups is 2. The van der Waals surface area contributed by atoms with Crippen LogP contribution in [0.25, 0.3) is 0 Å². The van der Waals surface area contributed by atoms with Crippen LogP contribution in [-0.4, -0.2) is 34.8 Å². The summed E-state index contributed by atoms with van der Waals surface area (Å²) < 4.78 is 40.9. The third-order valence-corrected chi connectivity index (χ3v) is 2.30. The van der Waals surface area contributed by atoms with Gasteiger partial charge in [-0.05, 0) is 6.07 Å². The first kappa shape index (κ1) is 16.7. The fourth-order valence-electron chi connectivity index (χ4n) is 1.35. The van der Waals surface area contributed by atoms with Crippen molar-refractivity contribution in [1.29, 1.82) is 0 Å². The van der Waals surface area contributed by atoms with Gasteiger partial charge < -0.3 is 15.2 Å². The zero-order valence-corrected chi connectivity index (χ0v) is 10.8.